The first kappa shape index (κ1) is 17.2. The standard InChI is InChI=1S/C17H23N5O3/c1-13-9-15(20-25-13)12-21(2)17(23)19-11-14-3-4-18-16(10-14)22-5-7-24-8-6-22/h3-4,9-10H,5-8,11-12H2,1-2H3,(H,19,23). The lowest BCUT2D eigenvalue weighted by Gasteiger charge is -2.28. The molecule has 8 heteroatoms. The van der Waals surface area contributed by atoms with E-state index < -0.39 is 0 Å². The van der Waals surface area contributed by atoms with Gasteiger partial charge < -0.3 is 24.4 Å². The van der Waals surface area contributed by atoms with E-state index in [0.717, 1.165) is 49.1 Å². The summed E-state index contributed by atoms with van der Waals surface area (Å²) in [4.78, 5) is 20.4. The molecule has 8 nitrogen and oxygen atoms in total. The molecule has 1 aliphatic heterocycles. The Kier molecular flexibility index (Phi) is 5.49. The Morgan fingerprint density at radius 3 is 2.88 bits per heavy atom. The predicted octanol–water partition coefficient (Wildman–Crippen LogP) is 1.56. The average molecular weight is 345 g/mol. The molecule has 0 aliphatic carbocycles. The zero-order valence-corrected chi connectivity index (χ0v) is 14.6. The van der Waals surface area contributed by atoms with E-state index in [2.05, 4.69) is 20.4 Å². The number of hydrogen-bond acceptors (Lipinski definition) is 6. The lowest BCUT2D eigenvalue weighted by Crippen LogP contribution is -2.37. The molecule has 2 aromatic heterocycles. The van der Waals surface area contributed by atoms with Crippen molar-refractivity contribution in [2.75, 3.05) is 38.3 Å². The second-order valence-corrected chi connectivity index (χ2v) is 6.07. The molecule has 0 aromatic carbocycles. The maximum Gasteiger partial charge on any atom is 0.317 e. The number of amides is 2. The van der Waals surface area contributed by atoms with Gasteiger partial charge in [-0.2, -0.15) is 0 Å². The number of anilines is 1. The van der Waals surface area contributed by atoms with Crippen LogP contribution in [0, 0.1) is 6.92 Å². The van der Waals surface area contributed by atoms with Crippen LogP contribution in [0.2, 0.25) is 0 Å². The molecule has 134 valence electrons. The molecule has 1 fully saturated rings. The second-order valence-electron chi connectivity index (χ2n) is 6.07. The van der Waals surface area contributed by atoms with Gasteiger partial charge in [0.2, 0.25) is 0 Å². The Balaban J connectivity index is 1.52. The van der Waals surface area contributed by atoms with Crippen LogP contribution < -0.4 is 10.2 Å². The molecule has 0 spiro atoms. The maximum atomic E-state index is 12.2. The van der Waals surface area contributed by atoms with Gasteiger partial charge in [-0.05, 0) is 24.6 Å². The van der Waals surface area contributed by atoms with Gasteiger partial charge in [-0.25, -0.2) is 9.78 Å². The molecule has 1 N–H and O–H groups in total. The normalized spacial score (nSPS) is 14.4. The largest absolute Gasteiger partial charge is 0.378 e. The minimum absolute atomic E-state index is 0.162. The van der Waals surface area contributed by atoms with E-state index in [1.807, 2.05) is 25.1 Å². The molecule has 1 aliphatic rings. The third-order valence-corrected chi connectivity index (χ3v) is 4.01. The van der Waals surface area contributed by atoms with E-state index in [4.69, 9.17) is 9.26 Å². The molecule has 3 rings (SSSR count). The summed E-state index contributed by atoms with van der Waals surface area (Å²) < 4.78 is 10.4. The van der Waals surface area contributed by atoms with E-state index in [-0.39, 0.29) is 6.03 Å². The summed E-state index contributed by atoms with van der Waals surface area (Å²) in [6.45, 7) is 5.78. The van der Waals surface area contributed by atoms with E-state index in [1.54, 1.807) is 18.1 Å². The number of rotatable bonds is 5. The van der Waals surface area contributed by atoms with Crippen molar-refractivity contribution >= 4 is 11.8 Å². The van der Waals surface area contributed by atoms with Crippen molar-refractivity contribution in [1.29, 1.82) is 0 Å². The highest BCUT2D eigenvalue weighted by molar-refractivity contribution is 5.73. The Morgan fingerprint density at radius 1 is 1.36 bits per heavy atom. The first-order valence-corrected chi connectivity index (χ1v) is 8.30. The number of morpholine rings is 1. The fraction of sp³-hybridized carbons (Fsp3) is 0.471. The third kappa shape index (κ3) is 4.69. The topological polar surface area (TPSA) is 83.7 Å². The van der Waals surface area contributed by atoms with Gasteiger partial charge in [-0.1, -0.05) is 5.16 Å². The average Bonchev–Trinajstić information content (AvgIpc) is 3.05. The molecule has 1 saturated heterocycles. The van der Waals surface area contributed by atoms with Crippen LogP contribution in [0.15, 0.2) is 28.9 Å². The minimum Gasteiger partial charge on any atom is -0.378 e. The number of aromatic nitrogens is 2. The zero-order valence-electron chi connectivity index (χ0n) is 14.6. The lowest BCUT2D eigenvalue weighted by atomic mass is 10.2. The Hall–Kier alpha value is -2.61. The molecule has 0 atom stereocenters. The Bertz CT molecular complexity index is 712. The Morgan fingerprint density at radius 2 is 2.16 bits per heavy atom. The smallest absolute Gasteiger partial charge is 0.317 e. The van der Waals surface area contributed by atoms with Gasteiger partial charge >= 0.3 is 6.03 Å². The summed E-state index contributed by atoms with van der Waals surface area (Å²) in [6, 6.07) is 5.57. The first-order chi connectivity index (χ1) is 12.1. The van der Waals surface area contributed by atoms with Gasteiger partial charge in [0.1, 0.15) is 17.3 Å². The van der Waals surface area contributed by atoms with Crippen LogP contribution >= 0.6 is 0 Å². The van der Waals surface area contributed by atoms with Crippen LogP contribution in [0.25, 0.3) is 0 Å². The van der Waals surface area contributed by atoms with Crippen LogP contribution in [-0.2, 0) is 17.8 Å². The molecule has 0 unspecified atom stereocenters. The second kappa shape index (κ2) is 7.98. The number of ether oxygens (including phenoxy) is 1. The highest BCUT2D eigenvalue weighted by Gasteiger charge is 2.14. The quantitative estimate of drug-likeness (QED) is 0.885. The molecule has 0 saturated carbocycles. The zero-order chi connectivity index (χ0) is 17.6. The van der Waals surface area contributed by atoms with Crippen LogP contribution in [0.1, 0.15) is 17.0 Å². The number of urea groups is 1. The summed E-state index contributed by atoms with van der Waals surface area (Å²) in [5.41, 5.74) is 1.74. The molecule has 0 radical (unpaired) electrons. The van der Waals surface area contributed by atoms with Gasteiger partial charge in [0.25, 0.3) is 0 Å². The molecule has 25 heavy (non-hydrogen) atoms. The molecule has 0 bridgehead atoms. The van der Waals surface area contributed by atoms with Crippen molar-refractivity contribution < 1.29 is 14.1 Å². The fourth-order valence-electron chi connectivity index (χ4n) is 2.66. The molecular weight excluding hydrogens is 322 g/mol. The van der Waals surface area contributed by atoms with Crippen LogP contribution in [0.3, 0.4) is 0 Å². The summed E-state index contributed by atoms with van der Waals surface area (Å²) >= 11 is 0. The van der Waals surface area contributed by atoms with Gasteiger partial charge in [-0.15, -0.1) is 0 Å². The van der Waals surface area contributed by atoms with Gasteiger partial charge in [0, 0.05) is 38.9 Å². The van der Waals surface area contributed by atoms with Crippen LogP contribution in [-0.4, -0.2) is 54.4 Å². The lowest BCUT2D eigenvalue weighted by molar-refractivity contribution is 0.122. The number of carbonyl (C=O) groups is 1. The third-order valence-electron chi connectivity index (χ3n) is 4.01. The van der Waals surface area contributed by atoms with Crippen molar-refractivity contribution in [2.45, 2.75) is 20.0 Å². The van der Waals surface area contributed by atoms with Crippen molar-refractivity contribution in [2.24, 2.45) is 0 Å². The summed E-state index contributed by atoms with van der Waals surface area (Å²) in [5, 5.41) is 6.81. The van der Waals surface area contributed by atoms with E-state index in [0.29, 0.717) is 13.1 Å². The number of nitrogens with zero attached hydrogens (tertiary/aromatic N) is 4. The predicted molar refractivity (Wildman–Crippen MR) is 92.2 cm³/mol. The summed E-state index contributed by atoms with van der Waals surface area (Å²) in [6.07, 6.45) is 1.77. The van der Waals surface area contributed by atoms with Crippen molar-refractivity contribution in [3.63, 3.8) is 0 Å². The van der Waals surface area contributed by atoms with Crippen molar-refractivity contribution in [1.82, 2.24) is 20.4 Å². The van der Waals surface area contributed by atoms with Gasteiger partial charge in [0.15, 0.2) is 0 Å². The highest BCUT2D eigenvalue weighted by atomic mass is 16.5. The van der Waals surface area contributed by atoms with E-state index in [1.165, 1.54) is 0 Å². The van der Waals surface area contributed by atoms with Gasteiger partial charge in [-0.3, -0.25) is 0 Å². The molecule has 2 amide bonds. The number of aryl methyl sites for hydroxylation is 1. The Labute approximate surface area is 146 Å². The summed E-state index contributed by atoms with van der Waals surface area (Å²) in [7, 11) is 1.73. The van der Waals surface area contributed by atoms with E-state index >= 15 is 0 Å². The molecule has 2 aromatic rings. The molecular formula is C17H23N5O3. The van der Waals surface area contributed by atoms with Gasteiger partial charge in [0.05, 0.1) is 19.8 Å². The minimum atomic E-state index is -0.162. The van der Waals surface area contributed by atoms with Crippen LogP contribution in [0.4, 0.5) is 10.6 Å². The van der Waals surface area contributed by atoms with E-state index in [9.17, 15) is 4.79 Å². The monoisotopic (exact) mass is 345 g/mol. The maximum absolute atomic E-state index is 12.2. The van der Waals surface area contributed by atoms with Crippen LogP contribution in [0.5, 0.6) is 0 Å². The number of nitrogens with one attached hydrogen (secondary N) is 1. The van der Waals surface area contributed by atoms with Crippen molar-refractivity contribution in [3.05, 3.63) is 41.4 Å². The fourth-order valence-corrected chi connectivity index (χ4v) is 2.66. The van der Waals surface area contributed by atoms with Crippen molar-refractivity contribution in [3.8, 4) is 0 Å². The first-order valence-electron chi connectivity index (χ1n) is 8.30. The number of hydrogen-bond donors (Lipinski definition) is 1. The highest BCUT2D eigenvalue weighted by Crippen LogP contribution is 2.14. The summed E-state index contributed by atoms with van der Waals surface area (Å²) in [5.74, 6) is 1.65. The SMILES string of the molecule is Cc1cc(CN(C)C(=O)NCc2ccnc(N3CCOCC3)c2)no1. The number of carbonyl (C=O) groups excluding carboxylic acids is 1. The molecule has 3 heterocycles. The number of pyridine rings is 1.